The summed E-state index contributed by atoms with van der Waals surface area (Å²) in [6.45, 7) is 4.54. The summed E-state index contributed by atoms with van der Waals surface area (Å²) in [4.78, 5) is 30.4. The summed E-state index contributed by atoms with van der Waals surface area (Å²) < 4.78 is 10.9. The third-order valence-electron chi connectivity index (χ3n) is 5.35. The molecular weight excluding hydrogens is 382 g/mol. The highest BCUT2D eigenvalue weighted by atomic mass is 16.5. The lowest BCUT2D eigenvalue weighted by molar-refractivity contribution is -0.141. The lowest BCUT2D eigenvalue weighted by Crippen LogP contribution is -2.42. The third-order valence-corrected chi connectivity index (χ3v) is 5.35. The van der Waals surface area contributed by atoms with Gasteiger partial charge in [0.05, 0.1) is 6.61 Å². The second-order valence-corrected chi connectivity index (χ2v) is 7.36. The number of nitrogens with one attached hydrogen (secondary N) is 1. The Morgan fingerprint density at radius 2 is 2.10 bits per heavy atom. The van der Waals surface area contributed by atoms with Gasteiger partial charge in [0.25, 0.3) is 0 Å². The maximum absolute atomic E-state index is 12.6. The van der Waals surface area contributed by atoms with E-state index in [0.717, 1.165) is 29.5 Å². The molecule has 1 atom stereocenters. The molecule has 2 amide bonds. The fourth-order valence-electron chi connectivity index (χ4n) is 3.88. The highest BCUT2D eigenvalue weighted by Crippen LogP contribution is 2.34. The van der Waals surface area contributed by atoms with Crippen LogP contribution in [0.4, 0.5) is 4.79 Å². The first-order valence-electron chi connectivity index (χ1n) is 10.2. The number of urea groups is 1. The zero-order valence-corrected chi connectivity index (χ0v) is 17.2. The van der Waals surface area contributed by atoms with Crippen molar-refractivity contribution in [2.24, 2.45) is 0 Å². The molecule has 0 radical (unpaired) electrons. The van der Waals surface area contributed by atoms with Crippen molar-refractivity contribution in [3.05, 3.63) is 53.9 Å². The van der Waals surface area contributed by atoms with Crippen molar-refractivity contribution < 1.29 is 18.7 Å². The fourth-order valence-corrected chi connectivity index (χ4v) is 3.88. The minimum absolute atomic E-state index is 0.150. The van der Waals surface area contributed by atoms with E-state index in [-0.39, 0.29) is 25.2 Å². The van der Waals surface area contributed by atoms with Gasteiger partial charge >= 0.3 is 12.0 Å². The molecule has 0 aliphatic carbocycles. The van der Waals surface area contributed by atoms with Crippen LogP contribution in [-0.2, 0) is 9.53 Å². The molecule has 1 N–H and O–H groups in total. The number of rotatable bonds is 5. The number of carbonyl (C=O) groups is 2. The normalized spacial score (nSPS) is 16.1. The Bertz CT molecular complexity index is 1080. The SMILES string of the molecule is CCOC(=O)CNC(=O)N1CCC[C@@H]1c1nc2cc(-c3ccccc3C)ccc2o1. The number of carbonyl (C=O) groups excluding carboxylic acids is 2. The summed E-state index contributed by atoms with van der Waals surface area (Å²) in [6, 6.07) is 13.6. The number of oxazole rings is 1. The molecule has 1 fully saturated rings. The topological polar surface area (TPSA) is 84.7 Å². The lowest BCUT2D eigenvalue weighted by atomic mass is 10.0. The number of aryl methyl sites for hydroxylation is 1. The van der Waals surface area contributed by atoms with Gasteiger partial charge in [-0.2, -0.15) is 0 Å². The Kier molecular flexibility index (Phi) is 5.70. The number of nitrogens with zero attached hydrogens (tertiary/aromatic N) is 2. The van der Waals surface area contributed by atoms with Crippen LogP contribution in [0.5, 0.6) is 0 Å². The molecule has 7 nitrogen and oxygen atoms in total. The van der Waals surface area contributed by atoms with Crippen LogP contribution in [0, 0.1) is 6.92 Å². The Morgan fingerprint density at radius 3 is 2.90 bits per heavy atom. The molecule has 1 aromatic heterocycles. The van der Waals surface area contributed by atoms with Crippen molar-refractivity contribution in [1.29, 1.82) is 0 Å². The average Bonchev–Trinajstić information content (AvgIpc) is 3.39. The first kappa shape index (κ1) is 19.9. The van der Waals surface area contributed by atoms with Crippen molar-refractivity contribution in [3.63, 3.8) is 0 Å². The monoisotopic (exact) mass is 407 g/mol. The second kappa shape index (κ2) is 8.57. The molecule has 7 heteroatoms. The summed E-state index contributed by atoms with van der Waals surface area (Å²) in [5, 5.41) is 2.62. The van der Waals surface area contributed by atoms with Gasteiger partial charge in [-0.1, -0.05) is 30.3 Å². The minimum atomic E-state index is -0.452. The average molecular weight is 407 g/mol. The van der Waals surface area contributed by atoms with Crippen LogP contribution in [0.3, 0.4) is 0 Å². The molecule has 2 aromatic carbocycles. The van der Waals surface area contributed by atoms with Gasteiger partial charge in [0, 0.05) is 6.54 Å². The number of fused-ring (bicyclic) bond motifs is 1. The standard InChI is InChI=1S/C23H25N3O4/c1-3-29-21(27)14-24-23(28)26-12-6-9-19(26)22-25-18-13-16(10-11-20(18)30-22)17-8-5-4-7-15(17)2/h4-5,7-8,10-11,13,19H,3,6,9,12,14H2,1-2H3,(H,24,28)/t19-/m1/s1. The van der Waals surface area contributed by atoms with E-state index in [1.54, 1.807) is 11.8 Å². The lowest BCUT2D eigenvalue weighted by Gasteiger charge is -2.22. The molecule has 2 heterocycles. The maximum Gasteiger partial charge on any atom is 0.325 e. The Labute approximate surface area is 175 Å². The number of likely N-dealkylation sites (tertiary alicyclic amines) is 1. The van der Waals surface area contributed by atoms with E-state index in [1.165, 1.54) is 5.56 Å². The summed E-state index contributed by atoms with van der Waals surface area (Å²) >= 11 is 0. The van der Waals surface area contributed by atoms with Gasteiger partial charge in [-0.15, -0.1) is 0 Å². The molecule has 0 spiro atoms. The predicted octanol–water partition coefficient (Wildman–Crippen LogP) is 4.21. The number of aromatic nitrogens is 1. The van der Waals surface area contributed by atoms with E-state index in [1.807, 2.05) is 30.3 Å². The quantitative estimate of drug-likeness (QED) is 0.641. The molecule has 156 valence electrons. The summed E-state index contributed by atoms with van der Waals surface area (Å²) in [7, 11) is 0. The summed E-state index contributed by atoms with van der Waals surface area (Å²) in [5.41, 5.74) is 4.90. The van der Waals surface area contributed by atoms with Crippen LogP contribution in [0.25, 0.3) is 22.2 Å². The zero-order valence-electron chi connectivity index (χ0n) is 17.2. The third kappa shape index (κ3) is 4.01. The van der Waals surface area contributed by atoms with Gasteiger partial charge in [-0.05, 0) is 55.5 Å². The van der Waals surface area contributed by atoms with Crippen molar-refractivity contribution in [1.82, 2.24) is 15.2 Å². The highest BCUT2D eigenvalue weighted by Gasteiger charge is 2.33. The number of hydrogen-bond donors (Lipinski definition) is 1. The molecule has 3 aromatic rings. The molecule has 1 saturated heterocycles. The van der Waals surface area contributed by atoms with Crippen LogP contribution in [0.15, 0.2) is 46.9 Å². The molecule has 0 unspecified atom stereocenters. The largest absolute Gasteiger partial charge is 0.465 e. The summed E-state index contributed by atoms with van der Waals surface area (Å²) in [5.74, 6) is 0.0721. The molecule has 0 saturated carbocycles. The van der Waals surface area contributed by atoms with Crippen molar-refractivity contribution >= 4 is 23.1 Å². The number of esters is 1. The molecule has 0 bridgehead atoms. The second-order valence-electron chi connectivity index (χ2n) is 7.36. The number of benzene rings is 2. The highest BCUT2D eigenvalue weighted by molar-refractivity contribution is 5.82. The fraction of sp³-hybridized carbons (Fsp3) is 0.348. The predicted molar refractivity (Wildman–Crippen MR) is 113 cm³/mol. The van der Waals surface area contributed by atoms with E-state index >= 15 is 0 Å². The first-order valence-corrected chi connectivity index (χ1v) is 10.2. The molecular formula is C23H25N3O4. The van der Waals surface area contributed by atoms with E-state index in [4.69, 9.17) is 9.15 Å². The van der Waals surface area contributed by atoms with Gasteiger partial charge in [0.2, 0.25) is 5.89 Å². The Balaban J connectivity index is 1.54. The van der Waals surface area contributed by atoms with E-state index in [9.17, 15) is 9.59 Å². The van der Waals surface area contributed by atoms with Crippen LogP contribution in [0.2, 0.25) is 0 Å². The van der Waals surface area contributed by atoms with Gasteiger partial charge in [0.1, 0.15) is 18.1 Å². The van der Waals surface area contributed by atoms with Crippen molar-refractivity contribution in [2.45, 2.75) is 32.7 Å². The zero-order chi connectivity index (χ0) is 21.1. The van der Waals surface area contributed by atoms with Gasteiger partial charge in [-0.3, -0.25) is 4.79 Å². The van der Waals surface area contributed by atoms with Gasteiger partial charge < -0.3 is 19.4 Å². The number of hydrogen-bond acceptors (Lipinski definition) is 5. The molecule has 30 heavy (non-hydrogen) atoms. The number of amides is 2. The summed E-state index contributed by atoms with van der Waals surface area (Å²) in [6.07, 6.45) is 1.62. The van der Waals surface area contributed by atoms with Crippen molar-refractivity contribution in [2.75, 3.05) is 19.7 Å². The molecule has 1 aliphatic heterocycles. The van der Waals surface area contributed by atoms with Gasteiger partial charge in [-0.25, -0.2) is 9.78 Å². The van der Waals surface area contributed by atoms with E-state index in [0.29, 0.717) is 18.0 Å². The first-order chi connectivity index (χ1) is 14.6. The van der Waals surface area contributed by atoms with Crippen LogP contribution in [-0.4, -0.2) is 41.6 Å². The van der Waals surface area contributed by atoms with Crippen molar-refractivity contribution in [3.8, 4) is 11.1 Å². The smallest absolute Gasteiger partial charge is 0.325 e. The Morgan fingerprint density at radius 1 is 1.27 bits per heavy atom. The van der Waals surface area contributed by atoms with Gasteiger partial charge in [0.15, 0.2) is 5.58 Å². The van der Waals surface area contributed by atoms with E-state index < -0.39 is 5.97 Å². The maximum atomic E-state index is 12.6. The van der Waals surface area contributed by atoms with E-state index in [2.05, 4.69) is 29.4 Å². The molecule has 1 aliphatic rings. The molecule has 4 rings (SSSR count). The Hall–Kier alpha value is -3.35. The van der Waals surface area contributed by atoms with Crippen LogP contribution in [0.1, 0.15) is 37.3 Å². The van der Waals surface area contributed by atoms with Crippen LogP contribution >= 0.6 is 0 Å². The number of ether oxygens (including phenoxy) is 1. The minimum Gasteiger partial charge on any atom is -0.465 e. The van der Waals surface area contributed by atoms with Crippen LogP contribution < -0.4 is 5.32 Å².